The lowest BCUT2D eigenvalue weighted by atomic mass is 9.95. The highest BCUT2D eigenvalue weighted by Gasteiger charge is 2.13. The van der Waals surface area contributed by atoms with Crippen LogP contribution in [0.15, 0.2) is 0 Å². The van der Waals surface area contributed by atoms with Crippen molar-refractivity contribution in [2.45, 2.75) is 70.3 Å². The van der Waals surface area contributed by atoms with E-state index in [1.165, 1.54) is 90.4 Å². The number of nitrogens with one attached hydrogen (secondary N) is 1. The van der Waals surface area contributed by atoms with Gasteiger partial charge in [0.2, 0.25) is 0 Å². The monoisotopic (exact) mass is 238 g/mol. The first kappa shape index (κ1) is 13.4. The van der Waals surface area contributed by atoms with Gasteiger partial charge in [-0.2, -0.15) is 0 Å². The van der Waals surface area contributed by atoms with Gasteiger partial charge in [0.05, 0.1) is 0 Å². The van der Waals surface area contributed by atoms with Crippen molar-refractivity contribution in [2.24, 2.45) is 0 Å². The maximum Gasteiger partial charge on any atom is 0.0107 e. The Morgan fingerprint density at radius 2 is 1.35 bits per heavy atom. The predicted octanol–water partition coefficient (Wildman–Crippen LogP) is 3.17. The summed E-state index contributed by atoms with van der Waals surface area (Å²) in [5, 5.41) is 3.76. The van der Waals surface area contributed by atoms with Crippen molar-refractivity contribution in [1.29, 1.82) is 0 Å². The zero-order valence-electron chi connectivity index (χ0n) is 11.4. The second kappa shape index (κ2) is 8.10. The minimum Gasteiger partial charge on any atom is -0.313 e. The number of hydrogen-bond donors (Lipinski definition) is 1. The molecule has 0 aromatic rings. The van der Waals surface area contributed by atoms with E-state index in [0.717, 1.165) is 6.04 Å². The van der Waals surface area contributed by atoms with Crippen LogP contribution in [0.5, 0.6) is 0 Å². The van der Waals surface area contributed by atoms with Crippen LogP contribution in [0.2, 0.25) is 0 Å². The Hall–Kier alpha value is -0.0800. The number of nitrogens with zero attached hydrogens (tertiary/aromatic N) is 1. The Morgan fingerprint density at radius 1 is 0.765 bits per heavy atom. The van der Waals surface area contributed by atoms with Gasteiger partial charge in [-0.3, -0.25) is 0 Å². The quantitative estimate of drug-likeness (QED) is 0.809. The Kier molecular flexibility index (Phi) is 6.36. The van der Waals surface area contributed by atoms with Gasteiger partial charge in [-0.1, -0.05) is 38.5 Å². The zero-order chi connectivity index (χ0) is 11.8. The molecule has 1 heterocycles. The number of likely N-dealkylation sites (tertiary alicyclic amines) is 1. The molecule has 2 aliphatic rings. The molecule has 0 spiro atoms. The van der Waals surface area contributed by atoms with Crippen molar-refractivity contribution in [3.05, 3.63) is 0 Å². The minimum absolute atomic E-state index is 0.832. The van der Waals surface area contributed by atoms with Crippen molar-refractivity contribution in [2.75, 3.05) is 26.2 Å². The summed E-state index contributed by atoms with van der Waals surface area (Å²) in [4.78, 5) is 2.68. The van der Waals surface area contributed by atoms with E-state index in [0.29, 0.717) is 0 Å². The van der Waals surface area contributed by atoms with Crippen molar-refractivity contribution < 1.29 is 0 Å². The molecule has 0 atom stereocenters. The van der Waals surface area contributed by atoms with Crippen molar-refractivity contribution in [3.8, 4) is 0 Å². The van der Waals surface area contributed by atoms with Gasteiger partial charge < -0.3 is 10.2 Å². The van der Waals surface area contributed by atoms with Gasteiger partial charge >= 0.3 is 0 Å². The van der Waals surface area contributed by atoms with E-state index in [9.17, 15) is 0 Å². The fourth-order valence-corrected chi connectivity index (χ4v) is 3.27. The molecule has 0 amide bonds. The summed E-state index contributed by atoms with van der Waals surface area (Å²) in [6.45, 7) is 5.17. The second-order valence-electron chi connectivity index (χ2n) is 5.90. The van der Waals surface area contributed by atoms with Gasteiger partial charge in [-0.25, -0.2) is 0 Å². The van der Waals surface area contributed by atoms with E-state index in [1.807, 2.05) is 0 Å². The molecule has 2 nitrogen and oxygen atoms in total. The van der Waals surface area contributed by atoms with Gasteiger partial charge in [0, 0.05) is 19.1 Å². The first-order chi connectivity index (χ1) is 8.45. The van der Waals surface area contributed by atoms with Crippen LogP contribution in [0.3, 0.4) is 0 Å². The summed E-state index contributed by atoms with van der Waals surface area (Å²) in [6.07, 6.45) is 14.4. The smallest absolute Gasteiger partial charge is 0.0107 e. The molecule has 2 heteroatoms. The van der Waals surface area contributed by atoms with Crippen LogP contribution in [-0.2, 0) is 0 Å². The summed E-state index contributed by atoms with van der Waals surface area (Å²) < 4.78 is 0. The summed E-state index contributed by atoms with van der Waals surface area (Å²) >= 11 is 0. The third-order valence-electron chi connectivity index (χ3n) is 4.41. The molecule has 2 fully saturated rings. The van der Waals surface area contributed by atoms with E-state index in [-0.39, 0.29) is 0 Å². The van der Waals surface area contributed by atoms with Crippen LogP contribution in [-0.4, -0.2) is 37.1 Å². The molecule has 1 saturated heterocycles. The lowest BCUT2D eigenvalue weighted by molar-refractivity contribution is 0.239. The van der Waals surface area contributed by atoms with Crippen LogP contribution in [0.1, 0.15) is 64.2 Å². The van der Waals surface area contributed by atoms with Crippen LogP contribution in [0, 0.1) is 0 Å². The summed E-state index contributed by atoms with van der Waals surface area (Å²) in [5.74, 6) is 0. The first-order valence-electron chi connectivity index (χ1n) is 7.91. The molecule has 2 rings (SSSR count). The Balaban J connectivity index is 1.56. The first-order valence-corrected chi connectivity index (χ1v) is 7.91. The molecule has 1 aliphatic heterocycles. The van der Waals surface area contributed by atoms with Crippen molar-refractivity contribution in [3.63, 3.8) is 0 Å². The zero-order valence-corrected chi connectivity index (χ0v) is 11.4. The Bertz CT molecular complexity index is 179. The minimum atomic E-state index is 0.832. The molecule has 1 saturated carbocycles. The molecule has 100 valence electrons. The van der Waals surface area contributed by atoms with Crippen molar-refractivity contribution in [1.82, 2.24) is 10.2 Å². The molecule has 17 heavy (non-hydrogen) atoms. The van der Waals surface area contributed by atoms with Gasteiger partial charge in [0.25, 0.3) is 0 Å². The Labute approximate surface area is 107 Å². The molecule has 1 aliphatic carbocycles. The molecule has 0 aromatic carbocycles. The third kappa shape index (κ3) is 5.39. The SMILES string of the molecule is C1CCCN(CCNC2CCCCC2)CCC1. The van der Waals surface area contributed by atoms with Crippen LogP contribution in [0.4, 0.5) is 0 Å². The van der Waals surface area contributed by atoms with E-state index in [2.05, 4.69) is 10.2 Å². The second-order valence-corrected chi connectivity index (χ2v) is 5.90. The van der Waals surface area contributed by atoms with Gasteiger partial charge in [0.1, 0.15) is 0 Å². The molecule has 1 N–H and O–H groups in total. The highest BCUT2D eigenvalue weighted by atomic mass is 15.1. The van der Waals surface area contributed by atoms with Crippen LogP contribution < -0.4 is 5.32 Å². The summed E-state index contributed by atoms with van der Waals surface area (Å²) in [6, 6.07) is 0.832. The lowest BCUT2D eigenvalue weighted by Gasteiger charge is -2.27. The molecule has 0 aromatic heterocycles. The fourth-order valence-electron chi connectivity index (χ4n) is 3.27. The summed E-state index contributed by atoms with van der Waals surface area (Å²) in [5.41, 5.74) is 0. The van der Waals surface area contributed by atoms with Gasteiger partial charge in [-0.15, -0.1) is 0 Å². The van der Waals surface area contributed by atoms with E-state index >= 15 is 0 Å². The lowest BCUT2D eigenvalue weighted by Crippen LogP contribution is -2.39. The molecular formula is C15H30N2. The van der Waals surface area contributed by atoms with Crippen molar-refractivity contribution >= 4 is 0 Å². The fraction of sp³-hybridized carbons (Fsp3) is 1.00. The van der Waals surface area contributed by atoms with E-state index in [4.69, 9.17) is 0 Å². The predicted molar refractivity (Wildman–Crippen MR) is 74.4 cm³/mol. The highest BCUT2D eigenvalue weighted by molar-refractivity contribution is 4.73. The molecule has 0 radical (unpaired) electrons. The van der Waals surface area contributed by atoms with E-state index < -0.39 is 0 Å². The largest absolute Gasteiger partial charge is 0.313 e. The normalized spacial score (nSPS) is 25.4. The molecule has 0 bridgehead atoms. The summed E-state index contributed by atoms with van der Waals surface area (Å²) in [7, 11) is 0. The maximum atomic E-state index is 3.76. The van der Waals surface area contributed by atoms with Gasteiger partial charge in [0.15, 0.2) is 0 Å². The van der Waals surface area contributed by atoms with Gasteiger partial charge in [-0.05, 0) is 38.8 Å². The number of hydrogen-bond acceptors (Lipinski definition) is 2. The topological polar surface area (TPSA) is 15.3 Å². The Morgan fingerprint density at radius 3 is 2.06 bits per heavy atom. The highest BCUT2D eigenvalue weighted by Crippen LogP contribution is 2.17. The third-order valence-corrected chi connectivity index (χ3v) is 4.41. The number of rotatable bonds is 4. The van der Waals surface area contributed by atoms with Crippen LogP contribution in [0.25, 0.3) is 0 Å². The average molecular weight is 238 g/mol. The molecule has 0 unspecified atom stereocenters. The molecular weight excluding hydrogens is 208 g/mol. The standard InChI is InChI=1S/C15H30N2/c1-2-7-12-17(13-8-3-1)14-11-16-15-9-5-4-6-10-15/h15-16H,1-14H2. The maximum absolute atomic E-state index is 3.76. The average Bonchev–Trinajstić information content (AvgIpc) is 2.33. The van der Waals surface area contributed by atoms with E-state index in [1.54, 1.807) is 0 Å². The van der Waals surface area contributed by atoms with Crippen LogP contribution >= 0.6 is 0 Å².